The van der Waals surface area contributed by atoms with Crippen LogP contribution in [0, 0.1) is 5.82 Å². The molecular weight excluding hydrogens is 243 g/mol. The molecular formula is C15H17FN2O. The lowest BCUT2D eigenvalue weighted by atomic mass is 9.95. The van der Waals surface area contributed by atoms with Crippen molar-refractivity contribution in [3.63, 3.8) is 0 Å². The summed E-state index contributed by atoms with van der Waals surface area (Å²) in [5.74, 6) is -0.0726. The van der Waals surface area contributed by atoms with Gasteiger partial charge >= 0.3 is 0 Å². The van der Waals surface area contributed by atoms with Gasteiger partial charge < -0.3 is 10.1 Å². The fourth-order valence-electron chi connectivity index (χ4n) is 2.08. The molecule has 0 amide bonds. The van der Waals surface area contributed by atoms with Crippen LogP contribution in [0.1, 0.15) is 17.2 Å². The van der Waals surface area contributed by atoms with Gasteiger partial charge in [0.1, 0.15) is 0 Å². The minimum absolute atomic E-state index is 0.0200. The molecule has 0 aliphatic carbocycles. The molecule has 0 fully saturated rings. The Bertz CT molecular complexity index is 531. The van der Waals surface area contributed by atoms with E-state index >= 15 is 0 Å². The highest BCUT2D eigenvalue weighted by Gasteiger charge is 2.16. The molecule has 0 saturated carbocycles. The van der Waals surface area contributed by atoms with E-state index in [1.807, 2.05) is 31.3 Å². The molecule has 0 aliphatic heterocycles. The third kappa shape index (κ3) is 3.09. The van der Waals surface area contributed by atoms with Gasteiger partial charge in [-0.2, -0.15) is 0 Å². The maximum absolute atomic E-state index is 13.8. The average molecular weight is 260 g/mol. The van der Waals surface area contributed by atoms with Crippen molar-refractivity contribution in [3.8, 4) is 5.75 Å². The van der Waals surface area contributed by atoms with Gasteiger partial charge in [0.05, 0.1) is 7.11 Å². The standard InChI is InChI=1S/C15H17FN2O/c1-17-10-12(14-5-3-4-8-18-14)11-6-7-15(19-2)13(16)9-11/h3-9,12,17H,10H2,1-2H3. The van der Waals surface area contributed by atoms with Crippen LogP contribution in [0.2, 0.25) is 0 Å². The monoisotopic (exact) mass is 260 g/mol. The Hall–Kier alpha value is -1.94. The van der Waals surface area contributed by atoms with Crippen LogP contribution >= 0.6 is 0 Å². The van der Waals surface area contributed by atoms with Gasteiger partial charge in [-0.1, -0.05) is 12.1 Å². The second-order valence-corrected chi connectivity index (χ2v) is 4.26. The normalized spacial score (nSPS) is 12.2. The molecule has 3 nitrogen and oxygen atoms in total. The Morgan fingerprint density at radius 2 is 2.16 bits per heavy atom. The number of rotatable bonds is 5. The first kappa shape index (κ1) is 13.5. The first-order valence-corrected chi connectivity index (χ1v) is 6.15. The first-order valence-electron chi connectivity index (χ1n) is 6.15. The smallest absolute Gasteiger partial charge is 0.165 e. The Labute approximate surface area is 112 Å². The van der Waals surface area contributed by atoms with Crippen LogP contribution in [0.25, 0.3) is 0 Å². The summed E-state index contributed by atoms with van der Waals surface area (Å²) in [5, 5.41) is 3.12. The highest BCUT2D eigenvalue weighted by atomic mass is 19.1. The number of ether oxygens (including phenoxy) is 1. The number of aromatic nitrogens is 1. The summed E-state index contributed by atoms with van der Waals surface area (Å²) < 4.78 is 18.7. The van der Waals surface area contributed by atoms with Gasteiger partial charge in [0.25, 0.3) is 0 Å². The Morgan fingerprint density at radius 3 is 2.74 bits per heavy atom. The van der Waals surface area contributed by atoms with E-state index in [-0.39, 0.29) is 17.5 Å². The summed E-state index contributed by atoms with van der Waals surface area (Å²) in [6.45, 7) is 0.697. The molecule has 4 heteroatoms. The van der Waals surface area contributed by atoms with E-state index in [4.69, 9.17) is 4.74 Å². The molecule has 0 radical (unpaired) electrons. The second-order valence-electron chi connectivity index (χ2n) is 4.26. The van der Waals surface area contributed by atoms with E-state index in [1.165, 1.54) is 13.2 Å². The van der Waals surface area contributed by atoms with Crippen molar-refractivity contribution in [2.75, 3.05) is 20.7 Å². The lowest BCUT2D eigenvalue weighted by Crippen LogP contribution is -2.19. The lowest BCUT2D eigenvalue weighted by Gasteiger charge is -2.17. The number of nitrogens with one attached hydrogen (secondary N) is 1. The Balaban J connectivity index is 2.37. The molecule has 1 unspecified atom stereocenters. The summed E-state index contributed by atoms with van der Waals surface area (Å²) in [7, 11) is 3.33. The number of likely N-dealkylation sites (N-methyl/N-ethyl adjacent to an activating group) is 1. The fourth-order valence-corrected chi connectivity index (χ4v) is 2.08. The number of hydrogen-bond donors (Lipinski definition) is 1. The van der Waals surface area contributed by atoms with Crippen molar-refractivity contribution in [2.24, 2.45) is 0 Å². The van der Waals surface area contributed by atoms with Crippen LogP contribution in [-0.4, -0.2) is 25.7 Å². The Morgan fingerprint density at radius 1 is 1.32 bits per heavy atom. The van der Waals surface area contributed by atoms with Crippen LogP contribution in [0.3, 0.4) is 0 Å². The first-order chi connectivity index (χ1) is 9.26. The predicted octanol–water partition coefficient (Wildman–Crippen LogP) is 2.58. The summed E-state index contributed by atoms with van der Waals surface area (Å²) in [6.07, 6.45) is 1.75. The van der Waals surface area contributed by atoms with E-state index < -0.39 is 0 Å². The molecule has 0 spiro atoms. The summed E-state index contributed by atoms with van der Waals surface area (Å²) in [4.78, 5) is 4.35. The highest BCUT2D eigenvalue weighted by molar-refractivity contribution is 5.35. The molecule has 1 N–H and O–H groups in total. The van der Waals surface area contributed by atoms with Crippen molar-refractivity contribution in [2.45, 2.75) is 5.92 Å². The fraction of sp³-hybridized carbons (Fsp3) is 0.267. The lowest BCUT2D eigenvalue weighted by molar-refractivity contribution is 0.386. The number of pyridine rings is 1. The highest BCUT2D eigenvalue weighted by Crippen LogP contribution is 2.26. The van der Waals surface area contributed by atoms with Crippen molar-refractivity contribution in [3.05, 3.63) is 59.7 Å². The number of nitrogens with zero attached hydrogens (tertiary/aromatic N) is 1. The average Bonchev–Trinajstić information content (AvgIpc) is 2.45. The number of methoxy groups -OCH3 is 1. The molecule has 100 valence electrons. The van der Waals surface area contributed by atoms with Crippen molar-refractivity contribution < 1.29 is 9.13 Å². The number of hydrogen-bond acceptors (Lipinski definition) is 3. The summed E-state index contributed by atoms with van der Waals surface area (Å²) in [6, 6.07) is 10.8. The SMILES string of the molecule is CNCC(c1ccc(OC)c(F)c1)c1ccccn1. The van der Waals surface area contributed by atoms with E-state index in [0.29, 0.717) is 6.54 Å². The van der Waals surface area contributed by atoms with Gasteiger partial charge in [-0.15, -0.1) is 0 Å². The Kier molecular flexibility index (Phi) is 4.47. The molecule has 2 aromatic rings. The van der Waals surface area contributed by atoms with Crippen LogP contribution in [0.15, 0.2) is 42.6 Å². The molecule has 1 heterocycles. The van der Waals surface area contributed by atoms with Crippen molar-refractivity contribution in [1.29, 1.82) is 0 Å². The topological polar surface area (TPSA) is 34.1 Å². The molecule has 0 saturated heterocycles. The summed E-state index contributed by atoms with van der Waals surface area (Å²) >= 11 is 0. The largest absolute Gasteiger partial charge is 0.494 e. The maximum atomic E-state index is 13.8. The zero-order chi connectivity index (χ0) is 13.7. The molecule has 2 rings (SSSR count). The van der Waals surface area contributed by atoms with Crippen LogP contribution in [0.4, 0.5) is 4.39 Å². The molecule has 1 aromatic heterocycles. The third-order valence-electron chi connectivity index (χ3n) is 3.03. The zero-order valence-corrected chi connectivity index (χ0v) is 11.1. The second kappa shape index (κ2) is 6.29. The molecule has 0 aliphatic rings. The van der Waals surface area contributed by atoms with Crippen LogP contribution in [-0.2, 0) is 0 Å². The van der Waals surface area contributed by atoms with Crippen LogP contribution < -0.4 is 10.1 Å². The molecule has 0 bridgehead atoms. The van der Waals surface area contributed by atoms with Crippen LogP contribution in [0.5, 0.6) is 5.75 Å². The molecule has 1 atom stereocenters. The van der Waals surface area contributed by atoms with Gasteiger partial charge in [0, 0.05) is 24.4 Å². The van der Waals surface area contributed by atoms with Gasteiger partial charge in [0.15, 0.2) is 11.6 Å². The van der Waals surface area contributed by atoms with Gasteiger partial charge in [-0.25, -0.2) is 4.39 Å². The van der Waals surface area contributed by atoms with Crippen molar-refractivity contribution >= 4 is 0 Å². The molecule has 1 aromatic carbocycles. The minimum atomic E-state index is -0.350. The number of halogens is 1. The summed E-state index contributed by atoms with van der Waals surface area (Å²) in [5.41, 5.74) is 1.80. The van der Waals surface area contributed by atoms with E-state index in [1.54, 1.807) is 12.3 Å². The third-order valence-corrected chi connectivity index (χ3v) is 3.03. The van der Waals surface area contributed by atoms with E-state index in [9.17, 15) is 4.39 Å². The quantitative estimate of drug-likeness (QED) is 0.897. The van der Waals surface area contributed by atoms with Crippen molar-refractivity contribution in [1.82, 2.24) is 10.3 Å². The number of benzene rings is 1. The van der Waals surface area contributed by atoms with Gasteiger partial charge in [-0.05, 0) is 36.9 Å². The van der Waals surface area contributed by atoms with Gasteiger partial charge in [0.2, 0.25) is 0 Å². The predicted molar refractivity (Wildman–Crippen MR) is 73.0 cm³/mol. The maximum Gasteiger partial charge on any atom is 0.165 e. The van der Waals surface area contributed by atoms with E-state index in [0.717, 1.165) is 11.3 Å². The molecule has 19 heavy (non-hydrogen) atoms. The minimum Gasteiger partial charge on any atom is -0.494 e. The van der Waals surface area contributed by atoms with Gasteiger partial charge in [-0.3, -0.25) is 4.98 Å². The van der Waals surface area contributed by atoms with E-state index in [2.05, 4.69) is 10.3 Å². The zero-order valence-electron chi connectivity index (χ0n) is 11.1.